The van der Waals surface area contributed by atoms with Gasteiger partial charge in [-0.25, -0.2) is 9.79 Å². The van der Waals surface area contributed by atoms with Crippen molar-refractivity contribution >= 4 is 17.8 Å². The molecule has 2 heterocycles. The zero-order valence-electron chi connectivity index (χ0n) is 8.12. The number of urea groups is 1. The first-order chi connectivity index (χ1) is 7.75. The van der Waals surface area contributed by atoms with Crippen LogP contribution < -0.4 is 10.6 Å². The fourth-order valence-electron chi connectivity index (χ4n) is 1.70. The zero-order valence-corrected chi connectivity index (χ0v) is 8.12. The first-order valence-electron chi connectivity index (χ1n) is 4.70. The second-order valence-corrected chi connectivity index (χ2v) is 3.42. The SMILES string of the molecule is O=C1CN2C(=O)N=NC2=c2ccccc2=N1. The molecule has 16 heavy (non-hydrogen) atoms. The average molecular weight is 214 g/mol. The Bertz CT molecular complexity index is 647. The molecule has 0 saturated carbocycles. The summed E-state index contributed by atoms with van der Waals surface area (Å²) in [4.78, 5) is 28.0. The third kappa shape index (κ3) is 1.16. The molecule has 0 fully saturated rings. The van der Waals surface area contributed by atoms with E-state index >= 15 is 0 Å². The number of carbonyl (C=O) groups excluding carboxylic acids is 2. The van der Waals surface area contributed by atoms with Gasteiger partial charge in [-0.3, -0.25) is 9.69 Å². The molecule has 0 atom stereocenters. The number of hydrogen-bond acceptors (Lipinski definition) is 3. The first-order valence-corrected chi connectivity index (χ1v) is 4.70. The minimum atomic E-state index is -0.518. The van der Waals surface area contributed by atoms with E-state index < -0.39 is 6.03 Å². The molecule has 0 aromatic heterocycles. The quantitative estimate of drug-likeness (QED) is 0.599. The monoisotopic (exact) mass is 214 g/mol. The highest BCUT2D eigenvalue weighted by molar-refractivity contribution is 5.91. The van der Waals surface area contributed by atoms with E-state index in [4.69, 9.17) is 0 Å². The number of rotatable bonds is 0. The van der Waals surface area contributed by atoms with Gasteiger partial charge in [0, 0.05) is 5.22 Å². The topological polar surface area (TPSA) is 74.5 Å². The maximum atomic E-state index is 11.5. The van der Waals surface area contributed by atoms with E-state index in [-0.39, 0.29) is 12.5 Å². The van der Waals surface area contributed by atoms with Crippen LogP contribution in [0.25, 0.3) is 5.82 Å². The Balaban J connectivity index is 2.44. The Labute approximate surface area is 89.6 Å². The molecule has 6 heteroatoms. The van der Waals surface area contributed by atoms with Gasteiger partial charge in [0.2, 0.25) is 0 Å². The van der Waals surface area contributed by atoms with Crippen molar-refractivity contribution in [1.82, 2.24) is 4.90 Å². The number of para-hydroxylation sites is 1. The molecule has 0 aliphatic carbocycles. The van der Waals surface area contributed by atoms with Crippen LogP contribution in [0.2, 0.25) is 0 Å². The Morgan fingerprint density at radius 3 is 2.81 bits per heavy atom. The van der Waals surface area contributed by atoms with Gasteiger partial charge in [-0.2, -0.15) is 0 Å². The number of amides is 3. The van der Waals surface area contributed by atoms with Gasteiger partial charge >= 0.3 is 6.03 Å². The van der Waals surface area contributed by atoms with Gasteiger partial charge < -0.3 is 0 Å². The molecular weight excluding hydrogens is 208 g/mol. The minimum Gasteiger partial charge on any atom is -0.270 e. The molecule has 1 aromatic rings. The molecule has 0 radical (unpaired) electrons. The van der Waals surface area contributed by atoms with Gasteiger partial charge in [0.15, 0.2) is 5.82 Å². The molecule has 0 bridgehead atoms. The number of hydrogen-bond donors (Lipinski definition) is 0. The van der Waals surface area contributed by atoms with E-state index in [0.717, 1.165) is 0 Å². The van der Waals surface area contributed by atoms with Crippen LogP contribution in [-0.2, 0) is 4.79 Å². The van der Waals surface area contributed by atoms with Crippen molar-refractivity contribution in [2.45, 2.75) is 0 Å². The summed E-state index contributed by atoms with van der Waals surface area (Å²) >= 11 is 0. The highest BCUT2D eigenvalue weighted by Crippen LogP contribution is 2.16. The summed E-state index contributed by atoms with van der Waals surface area (Å²) in [6, 6.07) is 6.53. The van der Waals surface area contributed by atoms with Gasteiger partial charge in [-0.15, -0.1) is 5.11 Å². The highest BCUT2D eigenvalue weighted by Gasteiger charge is 2.28. The number of azo groups is 1. The van der Waals surface area contributed by atoms with Crippen LogP contribution in [0.5, 0.6) is 0 Å². The van der Waals surface area contributed by atoms with Crippen LogP contribution in [0.4, 0.5) is 4.79 Å². The van der Waals surface area contributed by atoms with Crippen LogP contribution >= 0.6 is 0 Å². The number of benzene rings is 1. The summed E-state index contributed by atoms with van der Waals surface area (Å²) in [5, 5.41) is 8.40. The molecule has 1 aromatic carbocycles. The van der Waals surface area contributed by atoms with Gasteiger partial charge in [0.1, 0.15) is 6.54 Å². The van der Waals surface area contributed by atoms with Crippen LogP contribution in [0.15, 0.2) is 39.5 Å². The lowest BCUT2D eigenvalue weighted by Crippen LogP contribution is -2.31. The summed E-state index contributed by atoms with van der Waals surface area (Å²) in [6.45, 7) is -0.101. The standard InChI is InChI=1S/C10H6N4O2/c15-8-5-14-9(12-13-10(14)16)6-3-1-2-4-7(6)11-8/h1-4H,5H2. The molecule has 3 amide bonds. The maximum Gasteiger partial charge on any atom is 0.368 e. The predicted octanol–water partition coefficient (Wildman–Crippen LogP) is -0.200. The van der Waals surface area contributed by atoms with Crippen molar-refractivity contribution in [3.63, 3.8) is 0 Å². The van der Waals surface area contributed by atoms with Gasteiger partial charge in [-0.05, 0) is 12.1 Å². The van der Waals surface area contributed by atoms with Gasteiger partial charge in [0.25, 0.3) is 5.91 Å². The highest BCUT2D eigenvalue weighted by atomic mass is 16.2. The van der Waals surface area contributed by atoms with Crippen LogP contribution in [0.1, 0.15) is 0 Å². The van der Waals surface area contributed by atoms with E-state index in [2.05, 4.69) is 15.2 Å². The van der Waals surface area contributed by atoms with E-state index in [0.29, 0.717) is 16.4 Å². The number of fused-ring (bicyclic) bond motifs is 2. The smallest absolute Gasteiger partial charge is 0.270 e. The summed E-state index contributed by atoms with van der Waals surface area (Å²) in [7, 11) is 0. The van der Waals surface area contributed by atoms with Crippen LogP contribution in [0, 0.1) is 0 Å². The first kappa shape index (κ1) is 8.90. The van der Waals surface area contributed by atoms with Gasteiger partial charge in [-0.1, -0.05) is 17.2 Å². The molecule has 0 N–H and O–H groups in total. The van der Waals surface area contributed by atoms with Gasteiger partial charge in [0.05, 0.1) is 5.36 Å². The van der Waals surface area contributed by atoms with E-state index in [1.807, 2.05) is 0 Å². The average Bonchev–Trinajstić information content (AvgIpc) is 2.56. The molecule has 2 aliphatic rings. The number of nitrogens with zero attached hydrogens (tertiary/aromatic N) is 4. The Kier molecular flexibility index (Phi) is 1.70. The summed E-state index contributed by atoms with van der Waals surface area (Å²) < 4.78 is 0. The molecule has 0 saturated heterocycles. The van der Waals surface area contributed by atoms with Crippen LogP contribution in [-0.4, -0.2) is 23.4 Å². The second kappa shape index (κ2) is 3.06. The van der Waals surface area contributed by atoms with E-state index in [1.54, 1.807) is 24.3 Å². The fourth-order valence-corrected chi connectivity index (χ4v) is 1.70. The molecule has 0 unspecified atom stereocenters. The minimum absolute atomic E-state index is 0.101. The van der Waals surface area contributed by atoms with Crippen molar-refractivity contribution in [2.75, 3.05) is 6.54 Å². The lowest BCUT2D eigenvalue weighted by Gasteiger charge is -2.09. The summed E-state index contributed by atoms with van der Waals surface area (Å²) in [5.41, 5.74) is 0. The fraction of sp³-hybridized carbons (Fsp3) is 0.100. The van der Waals surface area contributed by atoms with Crippen molar-refractivity contribution < 1.29 is 9.59 Å². The van der Waals surface area contributed by atoms with Crippen LogP contribution in [0.3, 0.4) is 0 Å². The summed E-state index contributed by atoms with van der Waals surface area (Å²) in [6.07, 6.45) is 0. The Hall–Kier alpha value is -2.37. The zero-order chi connectivity index (χ0) is 11.1. The third-order valence-corrected chi connectivity index (χ3v) is 2.40. The Morgan fingerprint density at radius 1 is 1.12 bits per heavy atom. The molecule has 0 spiro atoms. The normalized spacial score (nSPS) is 18.0. The largest absolute Gasteiger partial charge is 0.368 e. The molecule has 2 aliphatic heterocycles. The Morgan fingerprint density at radius 2 is 1.94 bits per heavy atom. The van der Waals surface area contributed by atoms with Crippen molar-refractivity contribution in [3.05, 3.63) is 34.8 Å². The lowest BCUT2D eigenvalue weighted by atomic mass is 10.3. The van der Waals surface area contributed by atoms with Crippen molar-refractivity contribution in [3.8, 4) is 0 Å². The van der Waals surface area contributed by atoms with Crippen molar-refractivity contribution in [1.29, 1.82) is 0 Å². The van der Waals surface area contributed by atoms with E-state index in [1.165, 1.54) is 4.90 Å². The third-order valence-electron chi connectivity index (χ3n) is 2.40. The molecular formula is C10H6N4O2. The lowest BCUT2D eigenvalue weighted by molar-refractivity contribution is -0.118. The molecule has 3 rings (SSSR count). The predicted molar refractivity (Wildman–Crippen MR) is 52.6 cm³/mol. The van der Waals surface area contributed by atoms with Crippen molar-refractivity contribution in [2.24, 2.45) is 15.2 Å². The number of carbonyl (C=O) groups is 2. The van der Waals surface area contributed by atoms with E-state index in [9.17, 15) is 9.59 Å². The molecule has 78 valence electrons. The maximum absolute atomic E-state index is 11.5. The summed E-state index contributed by atoms with van der Waals surface area (Å²) in [5.74, 6) is 0.0262. The second-order valence-electron chi connectivity index (χ2n) is 3.42. The molecule has 6 nitrogen and oxygen atoms in total.